The molecule has 0 spiro atoms. The molecule has 5 N–H and O–H groups in total. The Kier molecular flexibility index (Phi) is 15.5. The summed E-state index contributed by atoms with van der Waals surface area (Å²) >= 11 is 3.26. The molecule has 0 atom stereocenters. The maximum absolute atomic E-state index is 11.3. The van der Waals surface area contributed by atoms with E-state index < -0.39 is 22.3 Å². The Bertz CT molecular complexity index is 374. The molecule has 0 rings (SSSR count). The smallest absolute Gasteiger partial charge is 0.318 e. The number of rotatable bonds is 7. The van der Waals surface area contributed by atoms with E-state index >= 15 is 0 Å². The molecule has 10 heteroatoms. The Morgan fingerprint density at radius 3 is 1.64 bits per heavy atom. The highest BCUT2D eigenvalue weighted by atomic mass is 79.9. The first-order valence-electron chi connectivity index (χ1n) is 6.32. The summed E-state index contributed by atoms with van der Waals surface area (Å²) in [7, 11) is 0. The number of amides is 3. The van der Waals surface area contributed by atoms with Crippen LogP contribution in [0.2, 0.25) is 0 Å². The van der Waals surface area contributed by atoms with Gasteiger partial charge in [0.1, 0.15) is 4.32 Å². The Balaban J connectivity index is -0.000000326. The molecule has 8 nitrogen and oxygen atoms in total. The van der Waals surface area contributed by atoms with Crippen LogP contribution in [0.3, 0.4) is 0 Å². The van der Waals surface area contributed by atoms with E-state index in [0.29, 0.717) is 12.8 Å². The summed E-state index contributed by atoms with van der Waals surface area (Å²) in [5, 5.41) is 18.1. The van der Waals surface area contributed by atoms with Gasteiger partial charge < -0.3 is 15.9 Å². The number of aliphatic carboxylic acids is 2. The number of halogens is 2. The van der Waals surface area contributed by atoms with Crippen molar-refractivity contribution in [2.24, 2.45) is 5.73 Å². The second kappa shape index (κ2) is 13.3. The van der Waals surface area contributed by atoms with Crippen molar-refractivity contribution in [2.45, 2.75) is 50.3 Å². The molecule has 0 aromatic heterocycles. The van der Waals surface area contributed by atoms with E-state index in [0.717, 1.165) is 0 Å². The van der Waals surface area contributed by atoms with Crippen LogP contribution in [0, 0.1) is 0 Å². The van der Waals surface area contributed by atoms with E-state index in [4.69, 9.17) is 15.9 Å². The normalized spacial score (nSPS) is 9.59. The Morgan fingerprint density at radius 2 is 1.41 bits per heavy atom. The molecule has 0 bridgehead atoms. The summed E-state index contributed by atoms with van der Waals surface area (Å²) in [5.41, 5.74) is 4.81. The van der Waals surface area contributed by atoms with Gasteiger partial charge in [0.2, 0.25) is 5.91 Å². The van der Waals surface area contributed by atoms with Crippen LogP contribution >= 0.6 is 28.3 Å². The summed E-state index contributed by atoms with van der Waals surface area (Å²) in [4.78, 5) is 41.2. The number of imide groups is 1. The van der Waals surface area contributed by atoms with Crippen molar-refractivity contribution in [2.75, 3.05) is 0 Å². The fourth-order valence-electron chi connectivity index (χ4n) is 1.19. The highest BCUT2D eigenvalue weighted by molar-refractivity contribution is 9.10. The van der Waals surface area contributed by atoms with Crippen molar-refractivity contribution >= 4 is 52.2 Å². The van der Waals surface area contributed by atoms with Gasteiger partial charge in [-0.3, -0.25) is 19.7 Å². The van der Waals surface area contributed by atoms with Gasteiger partial charge >= 0.3 is 18.0 Å². The average Bonchev–Trinajstić information content (AvgIpc) is 2.36. The molecule has 0 unspecified atom stereocenters. The highest BCUT2D eigenvalue weighted by Crippen LogP contribution is 2.26. The topological polar surface area (TPSA) is 147 Å². The summed E-state index contributed by atoms with van der Waals surface area (Å²) in [5.74, 6) is -2.27. The van der Waals surface area contributed by atoms with Gasteiger partial charge in [0, 0.05) is 12.8 Å². The van der Waals surface area contributed by atoms with E-state index in [-0.39, 0.29) is 37.6 Å². The predicted molar refractivity (Wildman–Crippen MR) is 86.3 cm³/mol. The van der Waals surface area contributed by atoms with Crippen LogP contribution in [0.5, 0.6) is 0 Å². The van der Waals surface area contributed by atoms with Gasteiger partial charge in [0.15, 0.2) is 0 Å². The van der Waals surface area contributed by atoms with Gasteiger partial charge in [-0.1, -0.05) is 29.8 Å². The zero-order chi connectivity index (χ0) is 17.1. The van der Waals surface area contributed by atoms with Gasteiger partial charge in [-0.25, -0.2) is 4.79 Å². The number of hydrogen-bond acceptors (Lipinski definition) is 4. The van der Waals surface area contributed by atoms with Crippen molar-refractivity contribution in [1.82, 2.24) is 5.32 Å². The van der Waals surface area contributed by atoms with Crippen LogP contribution in [0.25, 0.3) is 0 Å². The van der Waals surface area contributed by atoms with Crippen molar-refractivity contribution in [3.8, 4) is 0 Å². The molecule has 0 saturated carbocycles. The van der Waals surface area contributed by atoms with E-state index in [9.17, 15) is 19.2 Å². The molecule has 22 heavy (non-hydrogen) atoms. The largest absolute Gasteiger partial charge is 0.481 e. The molecule has 0 heterocycles. The molecular weight excluding hydrogens is 383 g/mol. The average molecular weight is 406 g/mol. The zero-order valence-electron chi connectivity index (χ0n) is 12.4. The summed E-state index contributed by atoms with van der Waals surface area (Å²) in [6, 6.07) is -0.814. The minimum atomic E-state index is -0.948. The molecule has 3 amide bonds. The quantitative estimate of drug-likeness (QED) is 0.475. The molecule has 0 saturated heterocycles. The molecule has 0 aromatic rings. The lowest BCUT2D eigenvalue weighted by Crippen LogP contribution is -2.46. The van der Waals surface area contributed by atoms with Crippen LogP contribution < -0.4 is 11.1 Å². The lowest BCUT2D eigenvalue weighted by molar-refractivity contribution is -0.138. The summed E-state index contributed by atoms with van der Waals surface area (Å²) in [6.07, 6.45) is 1.31. The van der Waals surface area contributed by atoms with Crippen LogP contribution in [0.15, 0.2) is 0 Å². The van der Waals surface area contributed by atoms with Gasteiger partial charge in [0.25, 0.3) is 0 Å². The van der Waals surface area contributed by atoms with Crippen molar-refractivity contribution < 1.29 is 29.4 Å². The molecule has 130 valence electrons. The number of carboxylic acid groups (broad SMARTS) is 2. The van der Waals surface area contributed by atoms with E-state index in [1.807, 2.05) is 19.2 Å². The first kappa shape index (κ1) is 25.6. The standard InChI is InChI=1S/C7H13BrN2O2.C5H8O4.ClH/c1-3-7(8,4-2)5(11)10-6(9)12;6-4(7)2-1-3-5(8)9;/h3-4H2,1-2H3,(H3,9,10,11,12);1-3H2,(H,6,7)(H,8,9);1H. The molecule has 0 aliphatic rings. The number of carbonyl (C=O) groups is 4. The zero-order valence-corrected chi connectivity index (χ0v) is 14.8. The lowest BCUT2D eigenvalue weighted by Gasteiger charge is -2.21. The number of alkyl halides is 1. The van der Waals surface area contributed by atoms with Crippen molar-refractivity contribution in [3.05, 3.63) is 0 Å². The molecule has 0 aromatic carbocycles. The summed E-state index contributed by atoms with van der Waals surface area (Å²) < 4.78 is -0.665. The molecular formula is C12H22BrClN2O6. The monoisotopic (exact) mass is 404 g/mol. The number of carboxylic acids is 2. The molecule has 0 aliphatic heterocycles. The second-order valence-corrected chi connectivity index (χ2v) is 5.65. The lowest BCUT2D eigenvalue weighted by atomic mass is 10.0. The molecule has 0 fully saturated rings. The van der Waals surface area contributed by atoms with Crippen LogP contribution in [0.4, 0.5) is 4.79 Å². The highest BCUT2D eigenvalue weighted by Gasteiger charge is 2.32. The Morgan fingerprint density at radius 1 is 1.05 bits per heavy atom. The van der Waals surface area contributed by atoms with Crippen LogP contribution in [0.1, 0.15) is 46.0 Å². The first-order valence-corrected chi connectivity index (χ1v) is 7.11. The number of primary amides is 1. The van der Waals surface area contributed by atoms with Gasteiger partial charge in [0.05, 0.1) is 0 Å². The Labute approximate surface area is 143 Å². The van der Waals surface area contributed by atoms with Crippen LogP contribution in [-0.2, 0) is 14.4 Å². The SMILES string of the molecule is CCC(Br)(CC)C(=O)NC(N)=O.Cl.O=C(O)CCCC(=O)O. The number of urea groups is 1. The van der Waals surface area contributed by atoms with Crippen molar-refractivity contribution in [3.63, 3.8) is 0 Å². The minimum absolute atomic E-state index is 0. The number of carbonyl (C=O) groups excluding carboxylic acids is 2. The maximum Gasteiger partial charge on any atom is 0.318 e. The van der Waals surface area contributed by atoms with Crippen LogP contribution in [-0.4, -0.2) is 38.4 Å². The maximum atomic E-state index is 11.3. The second-order valence-electron chi connectivity index (χ2n) is 4.13. The van der Waals surface area contributed by atoms with Gasteiger partial charge in [-0.15, -0.1) is 12.4 Å². The van der Waals surface area contributed by atoms with E-state index in [1.165, 1.54) is 0 Å². The fraction of sp³-hybridized carbons (Fsp3) is 0.667. The number of hydrogen-bond donors (Lipinski definition) is 4. The molecule has 0 aliphatic carbocycles. The number of nitrogens with one attached hydrogen (secondary N) is 1. The fourth-order valence-corrected chi connectivity index (χ4v) is 1.28. The van der Waals surface area contributed by atoms with E-state index in [1.54, 1.807) is 0 Å². The number of nitrogens with two attached hydrogens (primary N) is 1. The minimum Gasteiger partial charge on any atom is -0.481 e. The third-order valence-electron chi connectivity index (χ3n) is 2.55. The third-order valence-corrected chi connectivity index (χ3v) is 4.03. The van der Waals surface area contributed by atoms with E-state index in [2.05, 4.69) is 15.9 Å². The summed E-state index contributed by atoms with van der Waals surface area (Å²) in [6.45, 7) is 3.72. The van der Waals surface area contributed by atoms with Crippen molar-refractivity contribution in [1.29, 1.82) is 0 Å². The van der Waals surface area contributed by atoms with Gasteiger partial charge in [-0.2, -0.15) is 0 Å². The predicted octanol–water partition coefficient (Wildman–Crippen LogP) is 1.88. The molecule has 0 radical (unpaired) electrons. The van der Waals surface area contributed by atoms with Gasteiger partial charge in [-0.05, 0) is 19.3 Å². The first-order chi connectivity index (χ1) is 9.58. The Hall–Kier alpha value is -1.35. The third kappa shape index (κ3) is 13.6.